The van der Waals surface area contributed by atoms with Crippen LogP contribution >= 0.6 is 0 Å². The third-order valence-corrected chi connectivity index (χ3v) is 3.13. The minimum Gasteiger partial charge on any atom is -0.424 e. The number of aryl methyl sites for hydroxylation is 1. The molecule has 0 saturated heterocycles. The van der Waals surface area contributed by atoms with Gasteiger partial charge in [-0.1, -0.05) is 19.9 Å². The Balaban J connectivity index is 2.11. The van der Waals surface area contributed by atoms with Gasteiger partial charge in [-0.25, -0.2) is 9.97 Å². The Morgan fingerprint density at radius 1 is 1.20 bits per heavy atom. The molecule has 2 rings (SSSR count). The van der Waals surface area contributed by atoms with Crippen LogP contribution in [0.1, 0.15) is 36.5 Å². The summed E-state index contributed by atoms with van der Waals surface area (Å²) in [5.41, 5.74) is 3.60. The van der Waals surface area contributed by atoms with Gasteiger partial charge in [-0.2, -0.15) is 0 Å². The van der Waals surface area contributed by atoms with E-state index in [9.17, 15) is 0 Å². The molecule has 0 saturated carbocycles. The fourth-order valence-electron chi connectivity index (χ4n) is 2.16. The molecule has 0 amide bonds. The van der Waals surface area contributed by atoms with E-state index in [1.807, 2.05) is 19.2 Å². The lowest BCUT2D eigenvalue weighted by atomic mass is 9.98. The Morgan fingerprint density at radius 3 is 2.45 bits per heavy atom. The maximum Gasteiger partial charge on any atom is 0.321 e. The number of hydrogen-bond donors (Lipinski definition) is 1. The first kappa shape index (κ1) is 14.5. The van der Waals surface area contributed by atoms with Crippen LogP contribution in [0, 0.1) is 6.92 Å². The molecule has 0 fully saturated rings. The van der Waals surface area contributed by atoms with Crippen molar-refractivity contribution in [3.05, 3.63) is 47.3 Å². The lowest BCUT2D eigenvalue weighted by molar-refractivity contribution is 0.440. The van der Waals surface area contributed by atoms with Crippen LogP contribution in [-0.4, -0.2) is 17.0 Å². The third kappa shape index (κ3) is 3.54. The van der Waals surface area contributed by atoms with Gasteiger partial charge in [0.25, 0.3) is 0 Å². The molecule has 0 aliphatic carbocycles. The van der Waals surface area contributed by atoms with Crippen molar-refractivity contribution < 1.29 is 4.74 Å². The molecule has 0 aliphatic rings. The predicted octanol–water partition coefficient (Wildman–Crippen LogP) is 3.42. The average molecular weight is 271 g/mol. The Morgan fingerprint density at radius 2 is 1.90 bits per heavy atom. The monoisotopic (exact) mass is 271 g/mol. The first-order valence-corrected chi connectivity index (χ1v) is 6.84. The van der Waals surface area contributed by atoms with Crippen molar-refractivity contribution in [3.8, 4) is 11.8 Å². The highest BCUT2D eigenvalue weighted by Crippen LogP contribution is 2.25. The molecule has 0 aliphatic heterocycles. The topological polar surface area (TPSA) is 47.0 Å². The number of nitrogens with zero attached hydrogens (tertiary/aromatic N) is 2. The predicted molar refractivity (Wildman–Crippen MR) is 80.1 cm³/mol. The zero-order valence-corrected chi connectivity index (χ0v) is 12.5. The number of hydrogen-bond acceptors (Lipinski definition) is 4. The summed E-state index contributed by atoms with van der Waals surface area (Å²) in [6.07, 6.45) is 3.54. The highest BCUT2D eigenvalue weighted by molar-refractivity contribution is 5.37. The van der Waals surface area contributed by atoms with E-state index in [4.69, 9.17) is 4.74 Å². The standard InChI is InChI=1S/C16H21N3O/c1-11(2)15-6-5-14(7-12(15)3)20-16-18-9-13(8-17-4)10-19-16/h5-7,9-11,17H,8H2,1-4H3. The van der Waals surface area contributed by atoms with E-state index in [0.29, 0.717) is 11.9 Å². The Bertz CT molecular complexity index is 564. The van der Waals surface area contributed by atoms with E-state index >= 15 is 0 Å². The van der Waals surface area contributed by atoms with Gasteiger partial charge in [-0.3, -0.25) is 0 Å². The molecule has 20 heavy (non-hydrogen) atoms. The van der Waals surface area contributed by atoms with E-state index in [0.717, 1.165) is 17.9 Å². The smallest absolute Gasteiger partial charge is 0.321 e. The van der Waals surface area contributed by atoms with Gasteiger partial charge in [0.05, 0.1) is 0 Å². The molecule has 1 aromatic carbocycles. The molecule has 1 heterocycles. The minimum atomic E-state index is 0.376. The van der Waals surface area contributed by atoms with E-state index in [1.165, 1.54) is 11.1 Å². The lowest BCUT2D eigenvalue weighted by Crippen LogP contribution is -2.06. The Hall–Kier alpha value is -1.94. The van der Waals surface area contributed by atoms with Crippen LogP contribution in [0.25, 0.3) is 0 Å². The second-order valence-corrected chi connectivity index (χ2v) is 5.18. The van der Waals surface area contributed by atoms with E-state index < -0.39 is 0 Å². The van der Waals surface area contributed by atoms with Gasteiger partial charge in [-0.15, -0.1) is 0 Å². The second-order valence-electron chi connectivity index (χ2n) is 5.18. The highest BCUT2D eigenvalue weighted by atomic mass is 16.5. The molecule has 0 spiro atoms. The fraction of sp³-hybridized carbons (Fsp3) is 0.375. The van der Waals surface area contributed by atoms with Crippen LogP contribution in [0.3, 0.4) is 0 Å². The molecule has 0 unspecified atom stereocenters. The van der Waals surface area contributed by atoms with Crippen molar-refractivity contribution in [1.82, 2.24) is 15.3 Å². The van der Waals surface area contributed by atoms with Gasteiger partial charge in [-0.05, 0) is 43.1 Å². The van der Waals surface area contributed by atoms with Gasteiger partial charge >= 0.3 is 6.01 Å². The van der Waals surface area contributed by atoms with Crippen molar-refractivity contribution in [2.45, 2.75) is 33.2 Å². The van der Waals surface area contributed by atoms with Crippen LogP contribution in [0.2, 0.25) is 0 Å². The van der Waals surface area contributed by atoms with Crippen LogP contribution in [0.5, 0.6) is 11.8 Å². The summed E-state index contributed by atoms with van der Waals surface area (Å²) in [7, 11) is 1.89. The SMILES string of the molecule is CNCc1cnc(Oc2ccc(C(C)C)c(C)c2)nc1. The molecule has 4 nitrogen and oxygen atoms in total. The van der Waals surface area contributed by atoms with Gasteiger partial charge in [0.2, 0.25) is 0 Å². The number of aromatic nitrogens is 2. The lowest BCUT2D eigenvalue weighted by Gasteiger charge is -2.11. The quantitative estimate of drug-likeness (QED) is 0.905. The molecule has 1 aromatic heterocycles. The molecular formula is C16H21N3O. The summed E-state index contributed by atoms with van der Waals surface area (Å²) in [5.74, 6) is 1.29. The number of rotatable bonds is 5. The van der Waals surface area contributed by atoms with Crippen molar-refractivity contribution in [3.63, 3.8) is 0 Å². The van der Waals surface area contributed by atoms with Crippen LogP contribution < -0.4 is 10.1 Å². The minimum absolute atomic E-state index is 0.376. The summed E-state index contributed by atoms with van der Waals surface area (Å²) < 4.78 is 5.68. The number of nitrogens with one attached hydrogen (secondary N) is 1. The molecule has 1 N–H and O–H groups in total. The van der Waals surface area contributed by atoms with Gasteiger partial charge in [0.15, 0.2) is 0 Å². The summed E-state index contributed by atoms with van der Waals surface area (Å²) >= 11 is 0. The molecule has 2 aromatic rings. The van der Waals surface area contributed by atoms with Crippen molar-refractivity contribution >= 4 is 0 Å². The molecule has 0 radical (unpaired) electrons. The zero-order valence-electron chi connectivity index (χ0n) is 12.5. The highest BCUT2D eigenvalue weighted by Gasteiger charge is 2.06. The number of ether oxygens (including phenoxy) is 1. The largest absolute Gasteiger partial charge is 0.424 e. The zero-order chi connectivity index (χ0) is 14.5. The normalized spacial score (nSPS) is 10.8. The van der Waals surface area contributed by atoms with Crippen molar-refractivity contribution in [2.24, 2.45) is 0 Å². The molecule has 106 valence electrons. The second kappa shape index (κ2) is 6.48. The van der Waals surface area contributed by atoms with E-state index in [-0.39, 0.29) is 0 Å². The maximum atomic E-state index is 5.68. The molecule has 4 heteroatoms. The Labute approximate surface area is 120 Å². The van der Waals surface area contributed by atoms with Crippen LogP contribution in [0.4, 0.5) is 0 Å². The first-order chi connectivity index (χ1) is 9.60. The Kier molecular flexibility index (Phi) is 4.69. The van der Waals surface area contributed by atoms with Crippen LogP contribution in [-0.2, 0) is 6.54 Å². The van der Waals surface area contributed by atoms with Crippen molar-refractivity contribution in [2.75, 3.05) is 7.05 Å². The first-order valence-electron chi connectivity index (χ1n) is 6.84. The summed E-state index contributed by atoms with van der Waals surface area (Å²) in [5, 5.41) is 3.06. The molecule has 0 atom stereocenters. The molecular weight excluding hydrogens is 250 g/mol. The summed E-state index contributed by atoms with van der Waals surface area (Å²) in [6.45, 7) is 7.22. The summed E-state index contributed by atoms with van der Waals surface area (Å²) in [4.78, 5) is 8.41. The summed E-state index contributed by atoms with van der Waals surface area (Å²) in [6, 6.07) is 6.47. The third-order valence-electron chi connectivity index (χ3n) is 3.13. The van der Waals surface area contributed by atoms with E-state index in [2.05, 4.69) is 42.1 Å². The average Bonchev–Trinajstić information content (AvgIpc) is 2.41. The van der Waals surface area contributed by atoms with Crippen molar-refractivity contribution in [1.29, 1.82) is 0 Å². The van der Waals surface area contributed by atoms with Gasteiger partial charge < -0.3 is 10.1 Å². The van der Waals surface area contributed by atoms with Crippen LogP contribution in [0.15, 0.2) is 30.6 Å². The van der Waals surface area contributed by atoms with Gasteiger partial charge in [0.1, 0.15) is 5.75 Å². The fourth-order valence-corrected chi connectivity index (χ4v) is 2.16. The maximum absolute atomic E-state index is 5.68. The molecule has 0 bridgehead atoms. The number of benzene rings is 1. The van der Waals surface area contributed by atoms with Gasteiger partial charge in [0, 0.05) is 24.5 Å². The van der Waals surface area contributed by atoms with E-state index in [1.54, 1.807) is 12.4 Å².